The van der Waals surface area contributed by atoms with Gasteiger partial charge in [0, 0.05) is 19.8 Å². The molecule has 1 saturated heterocycles. The molecule has 0 amide bonds. The SMILES string of the molecule is Clc1cccc2nnn(CC3CCOCC3)c12. The minimum absolute atomic E-state index is 0.616. The number of ether oxygens (including phenoxy) is 1. The summed E-state index contributed by atoms with van der Waals surface area (Å²) in [6.07, 6.45) is 2.18. The van der Waals surface area contributed by atoms with Gasteiger partial charge in [0.2, 0.25) is 0 Å². The van der Waals surface area contributed by atoms with Crippen molar-refractivity contribution in [1.29, 1.82) is 0 Å². The van der Waals surface area contributed by atoms with E-state index >= 15 is 0 Å². The second-order valence-corrected chi connectivity index (χ2v) is 4.84. The van der Waals surface area contributed by atoms with Crippen LogP contribution in [0.25, 0.3) is 11.0 Å². The lowest BCUT2D eigenvalue weighted by atomic mass is 10.0. The summed E-state index contributed by atoms with van der Waals surface area (Å²) in [4.78, 5) is 0. The number of rotatable bonds is 2. The Morgan fingerprint density at radius 3 is 3.00 bits per heavy atom. The summed E-state index contributed by atoms with van der Waals surface area (Å²) in [5, 5.41) is 9.06. The van der Waals surface area contributed by atoms with E-state index in [0.29, 0.717) is 5.92 Å². The van der Waals surface area contributed by atoms with Gasteiger partial charge >= 0.3 is 0 Å². The van der Waals surface area contributed by atoms with Gasteiger partial charge in [-0.3, -0.25) is 0 Å². The molecular weight excluding hydrogens is 238 g/mol. The van der Waals surface area contributed by atoms with E-state index in [1.165, 1.54) is 0 Å². The van der Waals surface area contributed by atoms with E-state index in [1.54, 1.807) is 0 Å². The average molecular weight is 252 g/mol. The van der Waals surface area contributed by atoms with Crippen molar-refractivity contribution in [2.24, 2.45) is 5.92 Å². The fourth-order valence-corrected chi connectivity index (χ4v) is 2.56. The van der Waals surface area contributed by atoms with Crippen LogP contribution in [0, 0.1) is 5.92 Å². The highest BCUT2D eigenvalue weighted by molar-refractivity contribution is 6.34. The topological polar surface area (TPSA) is 39.9 Å². The van der Waals surface area contributed by atoms with Gasteiger partial charge in [0.25, 0.3) is 0 Å². The largest absolute Gasteiger partial charge is 0.381 e. The number of halogens is 1. The fourth-order valence-electron chi connectivity index (χ4n) is 2.29. The van der Waals surface area contributed by atoms with E-state index in [1.807, 2.05) is 22.9 Å². The van der Waals surface area contributed by atoms with Crippen LogP contribution in [0.2, 0.25) is 5.02 Å². The molecule has 0 saturated carbocycles. The number of benzene rings is 1. The summed E-state index contributed by atoms with van der Waals surface area (Å²) in [5.74, 6) is 0.616. The first kappa shape index (κ1) is 11.0. The lowest BCUT2D eigenvalue weighted by Gasteiger charge is -2.21. The van der Waals surface area contributed by atoms with E-state index in [9.17, 15) is 0 Å². The van der Waals surface area contributed by atoms with Crippen LogP contribution >= 0.6 is 11.6 Å². The Kier molecular flexibility index (Phi) is 2.99. The predicted octanol–water partition coefficient (Wildman–Crippen LogP) is 2.51. The van der Waals surface area contributed by atoms with E-state index in [0.717, 1.165) is 48.7 Å². The summed E-state index contributed by atoms with van der Waals surface area (Å²) >= 11 is 6.20. The van der Waals surface area contributed by atoms with E-state index < -0.39 is 0 Å². The second-order valence-electron chi connectivity index (χ2n) is 4.43. The average Bonchev–Trinajstić information content (AvgIpc) is 2.75. The molecule has 0 radical (unpaired) electrons. The first-order valence-electron chi connectivity index (χ1n) is 5.90. The first-order chi connectivity index (χ1) is 8.34. The highest BCUT2D eigenvalue weighted by Crippen LogP contribution is 2.24. The quantitative estimate of drug-likeness (QED) is 0.823. The second kappa shape index (κ2) is 4.63. The summed E-state index contributed by atoms with van der Waals surface area (Å²) < 4.78 is 7.28. The van der Waals surface area contributed by atoms with Crippen molar-refractivity contribution in [2.75, 3.05) is 13.2 Å². The van der Waals surface area contributed by atoms with Crippen LogP contribution in [0.15, 0.2) is 18.2 Å². The number of fused-ring (bicyclic) bond motifs is 1. The monoisotopic (exact) mass is 251 g/mol. The highest BCUT2D eigenvalue weighted by atomic mass is 35.5. The zero-order valence-corrected chi connectivity index (χ0v) is 10.2. The van der Waals surface area contributed by atoms with Crippen molar-refractivity contribution in [1.82, 2.24) is 15.0 Å². The molecule has 1 aliphatic heterocycles. The Labute approximate surface area is 105 Å². The molecule has 0 N–H and O–H groups in total. The van der Waals surface area contributed by atoms with Crippen molar-refractivity contribution >= 4 is 22.6 Å². The maximum Gasteiger partial charge on any atom is 0.114 e. The van der Waals surface area contributed by atoms with Gasteiger partial charge in [0.1, 0.15) is 11.0 Å². The van der Waals surface area contributed by atoms with Gasteiger partial charge in [-0.1, -0.05) is 22.9 Å². The Hall–Kier alpha value is -1.13. The zero-order chi connectivity index (χ0) is 11.7. The van der Waals surface area contributed by atoms with Gasteiger partial charge in [-0.05, 0) is 30.9 Å². The summed E-state index contributed by atoms with van der Waals surface area (Å²) in [6, 6.07) is 5.72. The number of hydrogen-bond acceptors (Lipinski definition) is 3. The van der Waals surface area contributed by atoms with Crippen LogP contribution in [0.1, 0.15) is 12.8 Å². The van der Waals surface area contributed by atoms with Gasteiger partial charge in [0.05, 0.1) is 5.02 Å². The molecule has 2 aromatic rings. The minimum atomic E-state index is 0.616. The minimum Gasteiger partial charge on any atom is -0.381 e. The molecule has 1 aliphatic rings. The number of nitrogens with zero attached hydrogens (tertiary/aromatic N) is 3. The maximum absolute atomic E-state index is 6.20. The molecule has 0 unspecified atom stereocenters. The van der Waals surface area contributed by atoms with Gasteiger partial charge in [-0.2, -0.15) is 0 Å². The fraction of sp³-hybridized carbons (Fsp3) is 0.500. The molecule has 90 valence electrons. The lowest BCUT2D eigenvalue weighted by molar-refractivity contribution is 0.0604. The van der Waals surface area contributed by atoms with Crippen molar-refractivity contribution in [3.05, 3.63) is 23.2 Å². The molecule has 17 heavy (non-hydrogen) atoms. The molecule has 4 nitrogen and oxygen atoms in total. The molecule has 1 fully saturated rings. The summed E-state index contributed by atoms with van der Waals surface area (Å²) in [7, 11) is 0. The molecule has 3 rings (SSSR count). The molecule has 0 spiro atoms. The third kappa shape index (κ3) is 2.15. The van der Waals surface area contributed by atoms with Crippen LogP contribution in [0.5, 0.6) is 0 Å². The molecular formula is C12H14ClN3O. The number of aromatic nitrogens is 3. The van der Waals surface area contributed by atoms with Crippen molar-refractivity contribution < 1.29 is 4.74 Å². The van der Waals surface area contributed by atoms with Crippen molar-refractivity contribution in [3.63, 3.8) is 0 Å². The normalized spacial score (nSPS) is 17.7. The predicted molar refractivity (Wildman–Crippen MR) is 66.1 cm³/mol. The maximum atomic E-state index is 6.20. The summed E-state index contributed by atoms with van der Waals surface area (Å²) in [6.45, 7) is 2.58. The standard InChI is InChI=1S/C12H14ClN3O/c13-10-2-1-3-11-12(10)16(15-14-11)8-9-4-6-17-7-5-9/h1-3,9H,4-8H2. The van der Waals surface area contributed by atoms with E-state index in [-0.39, 0.29) is 0 Å². The molecule has 0 bridgehead atoms. The van der Waals surface area contributed by atoms with Crippen LogP contribution in [-0.2, 0) is 11.3 Å². The number of para-hydroxylation sites is 1. The Bertz CT molecular complexity index is 519. The Morgan fingerprint density at radius 1 is 1.35 bits per heavy atom. The zero-order valence-electron chi connectivity index (χ0n) is 9.47. The smallest absolute Gasteiger partial charge is 0.114 e. The molecule has 5 heteroatoms. The van der Waals surface area contributed by atoms with Gasteiger partial charge < -0.3 is 4.74 Å². The lowest BCUT2D eigenvalue weighted by Crippen LogP contribution is -2.21. The molecule has 2 heterocycles. The van der Waals surface area contributed by atoms with E-state index in [2.05, 4.69) is 10.3 Å². The molecule has 0 atom stereocenters. The highest BCUT2D eigenvalue weighted by Gasteiger charge is 2.17. The van der Waals surface area contributed by atoms with Gasteiger partial charge in [-0.25, -0.2) is 4.68 Å². The third-order valence-corrected chi connectivity index (χ3v) is 3.56. The Morgan fingerprint density at radius 2 is 2.18 bits per heavy atom. The van der Waals surface area contributed by atoms with Crippen molar-refractivity contribution in [3.8, 4) is 0 Å². The molecule has 0 aliphatic carbocycles. The van der Waals surface area contributed by atoms with Crippen LogP contribution in [0.3, 0.4) is 0 Å². The Balaban J connectivity index is 1.89. The van der Waals surface area contributed by atoms with Crippen LogP contribution in [-0.4, -0.2) is 28.2 Å². The van der Waals surface area contributed by atoms with E-state index in [4.69, 9.17) is 16.3 Å². The van der Waals surface area contributed by atoms with Gasteiger partial charge in [-0.15, -0.1) is 5.10 Å². The van der Waals surface area contributed by atoms with Crippen LogP contribution in [0.4, 0.5) is 0 Å². The molecule has 1 aromatic heterocycles. The first-order valence-corrected chi connectivity index (χ1v) is 6.28. The van der Waals surface area contributed by atoms with Crippen molar-refractivity contribution in [2.45, 2.75) is 19.4 Å². The van der Waals surface area contributed by atoms with Crippen LogP contribution < -0.4 is 0 Å². The summed E-state index contributed by atoms with van der Waals surface area (Å²) in [5.41, 5.74) is 1.81. The molecule has 1 aromatic carbocycles. The number of hydrogen-bond donors (Lipinski definition) is 0. The van der Waals surface area contributed by atoms with Gasteiger partial charge in [0.15, 0.2) is 0 Å². The third-order valence-electron chi connectivity index (χ3n) is 3.26.